The van der Waals surface area contributed by atoms with Crippen LogP contribution in [0.2, 0.25) is 0 Å². The fourth-order valence-electron chi connectivity index (χ4n) is 5.37. The number of aromatic amines is 1. The third-order valence-corrected chi connectivity index (χ3v) is 7.34. The number of aromatic nitrogens is 4. The summed E-state index contributed by atoms with van der Waals surface area (Å²) in [6.07, 6.45) is 5.88. The summed E-state index contributed by atoms with van der Waals surface area (Å²) in [4.78, 5) is 22.3. The summed E-state index contributed by atoms with van der Waals surface area (Å²) >= 11 is 0. The average Bonchev–Trinajstić information content (AvgIpc) is 3.46. The largest absolute Gasteiger partial charge is 0.490 e. The van der Waals surface area contributed by atoms with Crippen molar-refractivity contribution in [2.24, 2.45) is 0 Å². The highest BCUT2D eigenvalue weighted by atomic mass is 16.5. The normalized spacial score (nSPS) is 20.1. The molecule has 0 radical (unpaired) electrons. The molecular weight excluding hydrogens is 478 g/mol. The Kier molecular flexibility index (Phi) is 6.51. The van der Waals surface area contributed by atoms with E-state index in [2.05, 4.69) is 31.1 Å². The van der Waals surface area contributed by atoms with Gasteiger partial charge >= 0.3 is 0 Å². The molecule has 4 N–H and O–H groups in total. The molecule has 4 heterocycles. The molecule has 0 unspecified atom stereocenters. The van der Waals surface area contributed by atoms with Crippen LogP contribution in [-0.4, -0.2) is 45.3 Å². The summed E-state index contributed by atoms with van der Waals surface area (Å²) in [5.74, 6) is 2.15. The fourth-order valence-corrected chi connectivity index (χ4v) is 5.37. The van der Waals surface area contributed by atoms with Crippen molar-refractivity contribution in [1.82, 2.24) is 30.8 Å². The number of para-hydroxylation sites is 1. The Hall–Kier alpha value is -4.24. The van der Waals surface area contributed by atoms with E-state index in [4.69, 9.17) is 9.72 Å². The number of carbonyl (C=O) groups is 1. The number of benzene rings is 2. The van der Waals surface area contributed by atoms with Crippen molar-refractivity contribution in [3.05, 3.63) is 90.0 Å². The monoisotopic (exact) mass is 509 g/mol. The summed E-state index contributed by atoms with van der Waals surface area (Å²) in [6.45, 7) is 3.72. The summed E-state index contributed by atoms with van der Waals surface area (Å²) in [5, 5.41) is 18.0. The van der Waals surface area contributed by atoms with E-state index in [9.17, 15) is 4.79 Å². The van der Waals surface area contributed by atoms with Gasteiger partial charge in [-0.1, -0.05) is 24.3 Å². The van der Waals surface area contributed by atoms with Gasteiger partial charge in [0.2, 0.25) is 0 Å². The second-order valence-corrected chi connectivity index (χ2v) is 10.0. The van der Waals surface area contributed by atoms with Gasteiger partial charge in [-0.3, -0.25) is 14.9 Å². The molecule has 1 amide bonds. The van der Waals surface area contributed by atoms with E-state index >= 15 is 0 Å². The first-order valence-electron chi connectivity index (χ1n) is 13.1. The van der Waals surface area contributed by atoms with Gasteiger partial charge in [-0.05, 0) is 69.3 Å². The second-order valence-electron chi connectivity index (χ2n) is 10.0. The number of rotatable bonds is 6. The Labute approximate surface area is 221 Å². The Morgan fingerprint density at radius 1 is 1.05 bits per heavy atom. The Morgan fingerprint density at radius 2 is 1.87 bits per heavy atom. The number of nitrogens with one attached hydrogen (secondary N) is 4. The highest BCUT2D eigenvalue weighted by Gasteiger charge is 2.37. The number of H-pyrrole nitrogens is 1. The molecule has 194 valence electrons. The first-order valence-corrected chi connectivity index (χ1v) is 13.1. The van der Waals surface area contributed by atoms with Crippen LogP contribution in [-0.2, 0) is 5.54 Å². The SMILES string of the molecule is C[C@@H]1C[C@H](NC(=O)c2cccc(NC3(c4nc(-c5ccncc5)n[nH]4)CCNCC3)c2)c2ccccc2O1. The van der Waals surface area contributed by atoms with Crippen LogP contribution in [0.5, 0.6) is 5.75 Å². The second kappa shape index (κ2) is 10.3. The molecule has 6 rings (SSSR count). The van der Waals surface area contributed by atoms with Crippen molar-refractivity contribution < 1.29 is 9.53 Å². The maximum absolute atomic E-state index is 13.4. The molecule has 1 fully saturated rings. The van der Waals surface area contributed by atoms with E-state index < -0.39 is 5.54 Å². The number of ether oxygens (including phenoxy) is 1. The zero-order valence-electron chi connectivity index (χ0n) is 21.3. The highest BCUT2D eigenvalue weighted by molar-refractivity contribution is 5.95. The van der Waals surface area contributed by atoms with Gasteiger partial charge < -0.3 is 20.7 Å². The number of fused-ring (bicyclic) bond motifs is 1. The number of amides is 1. The van der Waals surface area contributed by atoms with Gasteiger partial charge in [-0.25, -0.2) is 4.98 Å². The van der Waals surface area contributed by atoms with E-state index in [-0.39, 0.29) is 18.1 Å². The van der Waals surface area contributed by atoms with E-state index in [1.165, 1.54) is 0 Å². The van der Waals surface area contributed by atoms with Crippen LogP contribution in [0.4, 0.5) is 5.69 Å². The van der Waals surface area contributed by atoms with Crippen molar-refractivity contribution in [3.8, 4) is 17.1 Å². The van der Waals surface area contributed by atoms with Crippen LogP contribution in [0, 0.1) is 0 Å². The maximum Gasteiger partial charge on any atom is 0.251 e. The molecule has 0 aliphatic carbocycles. The number of hydrogen-bond donors (Lipinski definition) is 4. The van der Waals surface area contributed by atoms with Crippen molar-refractivity contribution in [2.75, 3.05) is 18.4 Å². The lowest BCUT2D eigenvalue weighted by Crippen LogP contribution is -2.46. The summed E-state index contributed by atoms with van der Waals surface area (Å²) < 4.78 is 5.95. The van der Waals surface area contributed by atoms with Gasteiger partial charge in [0.25, 0.3) is 5.91 Å². The van der Waals surface area contributed by atoms with Gasteiger partial charge in [-0.2, -0.15) is 5.10 Å². The van der Waals surface area contributed by atoms with Crippen LogP contribution in [0.1, 0.15) is 54.0 Å². The van der Waals surface area contributed by atoms with Gasteiger partial charge in [0.05, 0.1) is 17.7 Å². The topological polar surface area (TPSA) is 117 Å². The molecule has 2 aromatic heterocycles. The summed E-state index contributed by atoms with van der Waals surface area (Å²) in [5.41, 5.74) is 2.95. The highest BCUT2D eigenvalue weighted by Crippen LogP contribution is 2.36. The number of hydrogen-bond acceptors (Lipinski definition) is 7. The van der Waals surface area contributed by atoms with E-state index in [0.29, 0.717) is 11.4 Å². The lowest BCUT2D eigenvalue weighted by Gasteiger charge is -2.37. The molecule has 0 spiro atoms. The van der Waals surface area contributed by atoms with Gasteiger partial charge in [0, 0.05) is 41.2 Å². The molecule has 4 aromatic rings. The van der Waals surface area contributed by atoms with Crippen molar-refractivity contribution in [1.29, 1.82) is 0 Å². The number of piperidine rings is 1. The molecule has 2 aromatic carbocycles. The van der Waals surface area contributed by atoms with Crippen molar-refractivity contribution >= 4 is 11.6 Å². The maximum atomic E-state index is 13.4. The third kappa shape index (κ3) is 4.84. The molecule has 2 atom stereocenters. The van der Waals surface area contributed by atoms with E-state index in [1.807, 2.05) is 67.6 Å². The van der Waals surface area contributed by atoms with Crippen molar-refractivity contribution in [3.63, 3.8) is 0 Å². The quantitative estimate of drug-likeness (QED) is 0.308. The van der Waals surface area contributed by atoms with Gasteiger partial charge in [-0.15, -0.1) is 0 Å². The van der Waals surface area contributed by atoms with Crippen LogP contribution >= 0.6 is 0 Å². The summed E-state index contributed by atoms with van der Waals surface area (Å²) in [6, 6.07) is 19.3. The number of anilines is 1. The van der Waals surface area contributed by atoms with Crippen molar-refractivity contribution in [2.45, 2.75) is 43.9 Å². The molecule has 9 heteroatoms. The fraction of sp³-hybridized carbons (Fsp3) is 0.310. The minimum atomic E-state index is -0.437. The van der Waals surface area contributed by atoms with Gasteiger partial charge in [0.15, 0.2) is 11.6 Å². The lowest BCUT2D eigenvalue weighted by atomic mass is 9.87. The van der Waals surface area contributed by atoms with Crippen LogP contribution in [0.15, 0.2) is 73.1 Å². The third-order valence-electron chi connectivity index (χ3n) is 7.34. The van der Waals surface area contributed by atoms with Gasteiger partial charge in [0.1, 0.15) is 5.75 Å². The zero-order valence-corrected chi connectivity index (χ0v) is 21.3. The molecule has 2 aliphatic rings. The zero-order chi connectivity index (χ0) is 26.0. The van der Waals surface area contributed by atoms with Crippen LogP contribution in [0.25, 0.3) is 11.4 Å². The number of pyridine rings is 1. The smallest absolute Gasteiger partial charge is 0.251 e. The average molecular weight is 510 g/mol. The summed E-state index contributed by atoms with van der Waals surface area (Å²) in [7, 11) is 0. The minimum Gasteiger partial charge on any atom is -0.490 e. The first-order chi connectivity index (χ1) is 18.6. The molecule has 0 saturated carbocycles. The molecule has 38 heavy (non-hydrogen) atoms. The first kappa shape index (κ1) is 24.1. The Balaban J connectivity index is 1.24. The Morgan fingerprint density at radius 3 is 2.71 bits per heavy atom. The molecule has 1 saturated heterocycles. The van der Waals surface area contributed by atoms with E-state index in [0.717, 1.165) is 60.7 Å². The molecule has 9 nitrogen and oxygen atoms in total. The van der Waals surface area contributed by atoms with Crippen LogP contribution in [0.3, 0.4) is 0 Å². The standard InChI is InChI=1S/C29H31N7O2/c1-19-17-24(23-7-2-3-8-25(23)38-19)32-27(37)21-5-4-6-22(18-21)34-29(11-15-31-16-12-29)28-33-26(35-36-28)20-9-13-30-14-10-20/h2-10,13-14,18-19,24,31,34H,11-12,15-17H2,1H3,(H,32,37)(H,33,35,36)/t19-,24+/m1/s1. The number of nitrogens with zero attached hydrogens (tertiary/aromatic N) is 3. The Bertz CT molecular complexity index is 1420. The number of carbonyl (C=O) groups excluding carboxylic acids is 1. The van der Waals surface area contributed by atoms with Crippen LogP contribution < -0.4 is 20.7 Å². The minimum absolute atomic E-state index is 0.0296. The molecular formula is C29H31N7O2. The predicted octanol–water partition coefficient (Wildman–Crippen LogP) is 4.20. The van der Waals surface area contributed by atoms with E-state index in [1.54, 1.807) is 12.4 Å². The lowest BCUT2D eigenvalue weighted by molar-refractivity contribution is 0.0906. The predicted molar refractivity (Wildman–Crippen MR) is 145 cm³/mol. The molecule has 0 bridgehead atoms. The molecule has 2 aliphatic heterocycles.